The van der Waals surface area contributed by atoms with Crippen molar-refractivity contribution in [1.82, 2.24) is 20.9 Å². The molecule has 1 atom stereocenters. The quantitative estimate of drug-likeness (QED) is 0.617. The van der Waals surface area contributed by atoms with Crippen LogP contribution in [0.4, 0.5) is 0 Å². The van der Waals surface area contributed by atoms with Gasteiger partial charge in [0.25, 0.3) is 0 Å². The molecule has 5 nitrogen and oxygen atoms in total. The third kappa shape index (κ3) is 4.77. The molecule has 0 aliphatic carbocycles. The molecule has 0 aromatic heterocycles. The highest BCUT2D eigenvalue weighted by Gasteiger charge is 2.34. The molecular formula is C19H32N4O. The maximum atomic E-state index is 10.7. The van der Waals surface area contributed by atoms with E-state index in [1.165, 1.54) is 11.1 Å². The Morgan fingerprint density at radius 2 is 1.62 bits per heavy atom. The zero-order valence-electron chi connectivity index (χ0n) is 14.9. The van der Waals surface area contributed by atoms with Crippen LogP contribution in [0.5, 0.6) is 0 Å². The van der Waals surface area contributed by atoms with E-state index in [2.05, 4.69) is 52.0 Å². The first-order valence-electron chi connectivity index (χ1n) is 9.33. The summed E-state index contributed by atoms with van der Waals surface area (Å²) in [6, 6.07) is 9.01. The van der Waals surface area contributed by atoms with Crippen molar-refractivity contribution in [2.24, 2.45) is 0 Å². The number of rotatable bonds is 6. The van der Waals surface area contributed by atoms with Gasteiger partial charge >= 0.3 is 0 Å². The summed E-state index contributed by atoms with van der Waals surface area (Å²) in [6.07, 6.45) is 1.65. The van der Waals surface area contributed by atoms with Crippen LogP contribution in [0.15, 0.2) is 24.3 Å². The summed E-state index contributed by atoms with van der Waals surface area (Å²) in [6.45, 7) is 10.2. The van der Waals surface area contributed by atoms with Crippen LogP contribution in [0.2, 0.25) is 0 Å². The first kappa shape index (κ1) is 17.8. The second kappa shape index (κ2) is 8.41. The predicted octanol–water partition coefficient (Wildman–Crippen LogP) is 0.684. The lowest BCUT2D eigenvalue weighted by atomic mass is 9.86. The average molecular weight is 332 g/mol. The van der Waals surface area contributed by atoms with E-state index in [9.17, 15) is 5.11 Å². The molecule has 2 aliphatic heterocycles. The van der Waals surface area contributed by atoms with Gasteiger partial charge in [-0.3, -0.25) is 4.90 Å². The zero-order chi connectivity index (χ0) is 16.8. The van der Waals surface area contributed by atoms with Gasteiger partial charge in [0.05, 0.1) is 5.60 Å². The summed E-state index contributed by atoms with van der Waals surface area (Å²) in [7, 11) is 0. The fraction of sp³-hybridized carbons (Fsp3) is 0.684. The molecule has 0 radical (unpaired) electrons. The summed E-state index contributed by atoms with van der Waals surface area (Å²) in [5, 5.41) is 20.9. The number of hydrogen-bond acceptors (Lipinski definition) is 5. The normalized spacial score (nSPS) is 23.1. The molecule has 0 amide bonds. The van der Waals surface area contributed by atoms with Crippen molar-refractivity contribution >= 4 is 0 Å². The van der Waals surface area contributed by atoms with E-state index in [0.717, 1.165) is 65.2 Å². The van der Waals surface area contributed by atoms with Gasteiger partial charge in [-0.15, -0.1) is 0 Å². The molecule has 0 bridgehead atoms. The minimum Gasteiger partial charge on any atom is -0.388 e. The molecule has 1 aromatic rings. The van der Waals surface area contributed by atoms with E-state index >= 15 is 0 Å². The molecular weight excluding hydrogens is 300 g/mol. The van der Waals surface area contributed by atoms with Gasteiger partial charge in [-0.05, 0) is 44.0 Å². The van der Waals surface area contributed by atoms with Crippen LogP contribution >= 0.6 is 0 Å². The van der Waals surface area contributed by atoms with Gasteiger partial charge in [0.15, 0.2) is 0 Å². The highest BCUT2D eigenvalue weighted by molar-refractivity contribution is 5.22. The number of piperidine rings is 1. The lowest BCUT2D eigenvalue weighted by Crippen LogP contribution is -2.54. The number of hydrogen-bond donors (Lipinski definition) is 4. The van der Waals surface area contributed by atoms with Gasteiger partial charge in [-0.1, -0.05) is 24.3 Å². The second-order valence-electron chi connectivity index (χ2n) is 7.30. The number of benzene rings is 1. The Labute approximate surface area is 145 Å². The molecule has 5 heteroatoms. The van der Waals surface area contributed by atoms with Crippen molar-refractivity contribution in [2.45, 2.75) is 44.5 Å². The van der Waals surface area contributed by atoms with E-state index in [0.29, 0.717) is 0 Å². The Morgan fingerprint density at radius 3 is 2.29 bits per heavy atom. The summed E-state index contributed by atoms with van der Waals surface area (Å²) < 4.78 is 0. The molecule has 2 saturated heterocycles. The Morgan fingerprint density at radius 1 is 1.04 bits per heavy atom. The maximum Gasteiger partial charge on any atom is 0.0821 e. The minimum atomic E-state index is -0.576. The van der Waals surface area contributed by atoms with Gasteiger partial charge in [0.2, 0.25) is 0 Å². The van der Waals surface area contributed by atoms with Crippen LogP contribution in [-0.2, 0) is 13.1 Å². The van der Waals surface area contributed by atoms with Crippen molar-refractivity contribution in [1.29, 1.82) is 0 Å². The van der Waals surface area contributed by atoms with Crippen molar-refractivity contribution in [3.05, 3.63) is 35.4 Å². The van der Waals surface area contributed by atoms with Crippen LogP contribution in [-0.4, -0.2) is 60.9 Å². The number of nitrogens with one attached hydrogen (secondary N) is 3. The third-order valence-electron chi connectivity index (χ3n) is 5.53. The highest BCUT2D eigenvalue weighted by atomic mass is 16.3. The minimum absolute atomic E-state index is 0.111. The Balaban J connectivity index is 1.47. The summed E-state index contributed by atoms with van der Waals surface area (Å²) in [5.74, 6) is 0. The van der Waals surface area contributed by atoms with Crippen molar-refractivity contribution in [3.63, 3.8) is 0 Å². The molecule has 1 unspecified atom stereocenters. The van der Waals surface area contributed by atoms with Crippen molar-refractivity contribution in [2.75, 3.05) is 39.3 Å². The Bertz CT molecular complexity index is 493. The lowest BCUT2D eigenvalue weighted by Gasteiger charge is -2.38. The number of nitrogens with zero attached hydrogens (tertiary/aromatic N) is 1. The SMILES string of the molecule is CC(NCc1ccc(CN2CCNCC2)cc1)C1(O)CCNCC1. The topological polar surface area (TPSA) is 59.6 Å². The summed E-state index contributed by atoms with van der Waals surface area (Å²) in [4.78, 5) is 2.50. The van der Waals surface area contributed by atoms with E-state index in [1.54, 1.807) is 0 Å². The van der Waals surface area contributed by atoms with Crippen molar-refractivity contribution < 1.29 is 5.11 Å². The molecule has 2 fully saturated rings. The maximum absolute atomic E-state index is 10.7. The summed E-state index contributed by atoms with van der Waals surface area (Å²) in [5.41, 5.74) is 2.09. The molecule has 3 rings (SSSR count). The number of piperazine rings is 1. The summed E-state index contributed by atoms with van der Waals surface area (Å²) >= 11 is 0. The molecule has 0 spiro atoms. The fourth-order valence-electron chi connectivity index (χ4n) is 3.64. The smallest absolute Gasteiger partial charge is 0.0821 e. The molecule has 24 heavy (non-hydrogen) atoms. The van der Waals surface area contributed by atoms with Gasteiger partial charge < -0.3 is 21.1 Å². The predicted molar refractivity (Wildman–Crippen MR) is 97.9 cm³/mol. The van der Waals surface area contributed by atoms with Crippen LogP contribution < -0.4 is 16.0 Å². The van der Waals surface area contributed by atoms with E-state index < -0.39 is 5.60 Å². The molecule has 2 heterocycles. The molecule has 4 N–H and O–H groups in total. The van der Waals surface area contributed by atoms with Gasteiger partial charge in [0.1, 0.15) is 0 Å². The van der Waals surface area contributed by atoms with E-state index in [4.69, 9.17) is 0 Å². The largest absolute Gasteiger partial charge is 0.388 e. The zero-order valence-corrected chi connectivity index (χ0v) is 14.9. The first-order valence-corrected chi connectivity index (χ1v) is 9.33. The molecule has 1 aromatic carbocycles. The van der Waals surface area contributed by atoms with Gasteiger partial charge in [-0.2, -0.15) is 0 Å². The van der Waals surface area contributed by atoms with Crippen LogP contribution in [0.25, 0.3) is 0 Å². The van der Waals surface area contributed by atoms with Crippen LogP contribution in [0.3, 0.4) is 0 Å². The standard InChI is InChI=1S/C19H32N4O/c1-16(19(24)6-8-20-9-7-19)22-14-17-2-4-18(5-3-17)15-23-12-10-21-11-13-23/h2-5,16,20-22,24H,6-15H2,1H3. The van der Waals surface area contributed by atoms with Crippen molar-refractivity contribution in [3.8, 4) is 0 Å². The Kier molecular flexibility index (Phi) is 6.25. The monoisotopic (exact) mass is 332 g/mol. The Hall–Kier alpha value is -0.980. The molecule has 134 valence electrons. The van der Waals surface area contributed by atoms with E-state index in [-0.39, 0.29) is 6.04 Å². The fourth-order valence-corrected chi connectivity index (χ4v) is 3.64. The van der Waals surface area contributed by atoms with Gasteiger partial charge in [0, 0.05) is 45.3 Å². The lowest BCUT2D eigenvalue weighted by molar-refractivity contribution is -0.0198. The van der Waals surface area contributed by atoms with Crippen LogP contribution in [0.1, 0.15) is 30.9 Å². The molecule has 0 saturated carbocycles. The van der Waals surface area contributed by atoms with Crippen LogP contribution in [0, 0.1) is 0 Å². The van der Waals surface area contributed by atoms with E-state index in [1.807, 2.05) is 0 Å². The first-order chi connectivity index (χ1) is 11.7. The highest BCUT2D eigenvalue weighted by Crippen LogP contribution is 2.22. The second-order valence-corrected chi connectivity index (χ2v) is 7.30. The molecule has 2 aliphatic rings. The number of aliphatic hydroxyl groups is 1. The average Bonchev–Trinajstić information content (AvgIpc) is 2.62. The van der Waals surface area contributed by atoms with Gasteiger partial charge in [-0.25, -0.2) is 0 Å². The third-order valence-corrected chi connectivity index (χ3v) is 5.53.